The van der Waals surface area contributed by atoms with Crippen LogP contribution in [0.1, 0.15) is 41.0 Å². The Morgan fingerprint density at radius 3 is 1.64 bits per heavy atom. The van der Waals surface area contributed by atoms with Gasteiger partial charge in [-0.05, 0) is 34.1 Å². The van der Waals surface area contributed by atoms with Crippen LogP contribution in [-0.2, 0) is 14.3 Å². The Hall–Kier alpha value is -3.44. The lowest BCUT2D eigenvalue weighted by Gasteiger charge is -1.92. The summed E-state index contributed by atoms with van der Waals surface area (Å²) < 4.78 is 4.67. The molecule has 0 saturated heterocycles. The summed E-state index contributed by atoms with van der Waals surface area (Å²) in [5.74, 6) is -1.15. The van der Waals surface area contributed by atoms with Gasteiger partial charge in [0, 0.05) is 11.6 Å². The van der Waals surface area contributed by atoms with Crippen LogP contribution in [0.4, 0.5) is 0 Å². The molecular weight excluding hydrogens is 416 g/mol. The normalized spacial score (nSPS) is 12.5. The van der Waals surface area contributed by atoms with Crippen LogP contribution in [0.15, 0.2) is 109 Å². The van der Waals surface area contributed by atoms with Gasteiger partial charge >= 0.3 is 11.9 Å². The lowest BCUT2D eigenvalue weighted by atomic mass is 10.2. The molecule has 0 atom stereocenters. The van der Waals surface area contributed by atoms with Crippen LogP contribution in [0.5, 0.6) is 0 Å². The Bertz CT molecular complexity index is 740. The Morgan fingerprint density at radius 2 is 1.21 bits per heavy atom. The van der Waals surface area contributed by atoms with Gasteiger partial charge in [0.2, 0.25) is 0 Å². The fraction of sp³-hybridized carbons (Fsp3) is 0.286. The van der Waals surface area contributed by atoms with Crippen LogP contribution in [0.3, 0.4) is 0 Å². The summed E-state index contributed by atoms with van der Waals surface area (Å²) >= 11 is 0. The molecule has 0 bridgehead atoms. The highest BCUT2D eigenvalue weighted by Crippen LogP contribution is 2.00. The third-order valence-electron chi connectivity index (χ3n) is 3.18. The van der Waals surface area contributed by atoms with Gasteiger partial charge in [-0.3, -0.25) is 0 Å². The molecule has 0 aliphatic rings. The van der Waals surface area contributed by atoms with Crippen molar-refractivity contribution >= 4 is 11.9 Å². The summed E-state index contributed by atoms with van der Waals surface area (Å²) in [6, 6.07) is 0. The number of carbonyl (C=O) groups excluding carboxylic acids is 1. The topological polar surface area (TPSA) is 83.8 Å². The molecule has 0 fully saturated rings. The molecule has 0 radical (unpaired) electrons. The second-order valence-electron chi connectivity index (χ2n) is 5.80. The molecule has 0 saturated carbocycles. The molecule has 0 rings (SSSR count). The number of carbonyl (C=O) groups is 2. The predicted molar refractivity (Wildman–Crippen MR) is 140 cm³/mol. The minimum Gasteiger partial charge on any atom is -0.478 e. The van der Waals surface area contributed by atoms with Crippen molar-refractivity contribution in [3.8, 4) is 0 Å². The summed E-state index contributed by atoms with van der Waals surface area (Å²) in [5, 5.41) is 16.9. The number of carboxylic acids is 1. The highest BCUT2D eigenvalue weighted by Gasteiger charge is 2.00. The van der Waals surface area contributed by atoms with Gasteiger partial charge < -0.3 is 14.9 Å². The minimum atomic E-state index is -0.845. The maximum atomic E-state index is 10.7. The average Bonchev–Trinajstić information content (AvgIpc) is 2.80. The van der Waals surface area contributed by atoms with Crippen LogP contribution >= 0.6 is 0 Å². The third-order valence-corrected chi connectivity index (χ3v) is 3.18. The zero-order valence-electron chi connectivity index (χ0n) is 20.6. The van der Waals surface area contributed by atoms with E-state index in [1.165, 1.54) is 6.08 Å². The number of hydrogen-bond donors (Lipinski definition) is 2. The Balaban J connectivity index is -0.000000414. The Morgan fingerprint density at radius 1 is 0.727 bits per heavy atom. The number of carboxylic acid groups (broad SMARTS) is 1. The minimum absolute atomic E-state index is 0.111. The maximum Gasteiger partial charge on any atom is 0.331 e. The summed E-state index contributed by atoms with van der Waals surface area (Å²) in [4.78, 5) is 21.2. The smallest absolute Gasteiger partial charge is 0.331 e. The van der Waals surface area contributed by atoms with Gasteiger partial charge in [-0.2, -0.15) is 0 Å². The van der Waals surface area contributed by atoms with Crippen molar-refractivity contribution < 1.29 is 24.5 Å². The molecule has 0 aliphatic carbocycles. The first-order valence-electron chi connectivity index (χ1n) is 10.8. The van der Waals surface area contributed by atoms with Gasteiger partial charge in [-0.1, -0.05) is 104 Å². The number of aliphatic carboxylic acids is 1. The zero-order valence-corrected chi connectivity index (χ0v) is 20.6. The van der Waals surface area contributed by atoms with E-state index in [9.17, 15) is 9.59 Å². The molecule has 182 valence electrons. The first-order chi connectivity index (χ1) is 15.9. The molecule has 0 aliphatic heterocycles. The largest absolute Gasteiger partial charge is 0.478 e. The highest BCUT2D eigenvalue weighted by atomic mass is 16.5. The number of ether oxygens (including phenoxy) is 1. The molecule has 0 aromatic carbocycles. The molecule has 0 amide bonds. The van der Waals surface area contributed by atoms with Crippen molar-refractivity contribution in [2.24, 2.45) is 0 Å². The van der Waals surface area contributed by atoms with E-state index < -0.39 is 5.97 Å². The van der Waals surface area contributed by atoms with Crippen molar-refractivity contribution in [1.29, 1.82) is 0 Å². The average molecular weight is 457 g/mol. The molecule has 5 heteroatoms. The van der Waals surface area contributed by atoms with Crippen LogP contribution < -0.4 is 0 Å². The van der Waals surface area contributed by atoms with Crippen molar-refractivity contribution in [3.05, 3.63) is 109 Å². The Labute approximate surface area is 199 Å². The standard InChI is InChI=1S/2C10H14O2.C8H12O/c1-3-5-6-7-8-9-10(11)12-4-2;1-3-5-6-7-8-9(4-2)10(11)12;1-2-3-4-5-6-7-8-9/h3,5-9H,4H2,1-2H3;3,5-8H,4H2,1-2H3,(H,11,12);2-7,9H,8H2,1H3. The fourth-order valence-corrected chi connectivity index (χ4v) is 1.63. The lowest BCUT2D eigenvalue weighted by Crippen LogP contribution is -1.98. The van der Waals surface area contributed by atoms with Crippen molar-refractivity contribution in [3.63, 3.8) is 0 Å². The number of allylic oxidation sites excluding steroid dienone is 15. The lowest BCUT2D eigenvalue weighted by molar-refractivity contribution is -0.137. The molecule has 0 aromatic rings. The van der Waals surface area contributed by atoms with E-state index in [0.29, 0.717) is 18.6 Å². The predicted octanol–water partition coefficient (Wildman–Crippen LogP) is 6.44. The fourth-order valence-electron chi connectivity index (χ4n) is 1.63. The van der Waals surface area contributed by atoms with E-state index >= 15 is 0 Å². The van der Waals surface area contributed by atoms with Crippen molar-refractivity contribution in [2.75, 3.05) is 13.2 Å². The summed E-state index contributed by atoms with van der Waals surface area (Å²) in [6.07, 6.45) is 31.0. The molecule has 0 heterocycles. The third kappa shape index (κ3) is 33.4. The number of esters is 1. The van der Waals surface area contributed by atoms with Crippen LogP contribution in [0.2, 0.25) is 0 Å². The van der Waals surface area contributed by atoms with Gasteiger partial charge in [0.25, 0.3) is 0 Å². The van der Waals surface area contributed by atoms with Crippen LogP contribution in [0, 0.1) is 0 Å². The van der Waals surface area contributed by atoms with E-state index in [0.717, 1.165) is 0 Å². The first kappa shape index (κ1) is 34.2. The monoisotopic (exact) mass is 456 g/mol. The maximum absolute atomic E-state index is 10.7. The summed E-state index contributed by atoms with van der Waals surface area (Å²) in [7, 11) is 0. The second kappa shape index (κ2) is 30.8. The first-order valence-corrected chi connectivity index (χ1v) is 10.8. The van der Waals surface area contributed by atoms with Crippen molar-refractivity contribution in [2.45, 2.75) is 41.0 Å². The van der Waals surface area contributed by atoms with Crippen molar-refractivity contribution in [1.82, 2.24) is 0 Å². The number of hydrogen-bond acceptors (Lipinski definition) is 4. The van der Waals surface area contributed by atoms with Gasteiger partial charge in [0.05, 0.1) is 13.2 Å². The van der Waals surface area contributed by atoms with Crippen LogP contribution in [0.25, 0.3) is 0 Å². The molecular formula is C28H40O5. The molecule has 2 N–H and O–H groups in total. The molecule has 33 heavy (non-hydrogen) atoms. The van der Waals surface area contributed by atoms with E-state index in [2.05, 4.69) is 4.74 Å². The zero-order chi connectivity index (χ0) is 25.6. The van der Waals surface area contributed by atoms with E-state index in [1.807, 2.05) is 82.4 Å². The number of aliphatic hydroxyl groups excluding tert-OH is 1. The quantitative estimate of drug-likeness (QED) is 0.212. The van der Waals surface area contributed by atoms with Gasteiger partial charge in [-0.15, -0.1) is 0 Å². The molecule has 0 spiro atoms. The van der Waals surface area contributed by atoms with E-state index in [-0.39, 0.29) is 12.6 Å². The highest BCUT2D eigenvalue weighted by molar-refractivity contribution is 5.86. The molecule has 0 aromatic heterocycles. The number of rotatable bonds is 11. The van der Waals surface area contributed by atoms with Gasteiger partial charge in [0.1, 0.15) is 0 Å². The van der Waals surface area contributed by atoms with Crippen LogP contribution in [-0.4, -0.2) is 35.4 Å². The van der Waals surface area contributed by atoms with Gasteiger partial charge in [0.15, 0.2) is 0 Å². The SMILES string of the molecule is CC=CC=CC=C(CC)C(=O)O.CC=CC=CC=CC(=O)OCC.CC=CC=CC=CCO. The summed E-state index contributed by atoms with van der Waals surface area (Å²) in [5.41, 5.74) is 0.427. The van der Waals surface area contributed by atoms with E-state index in [1.54, 1.807) is 49.5 Å². The van der Waals surface area contributed by atoms with E-state index in [4.69, 9.17) is 10.2 Å². The Kier molecular flexibility index (Phi) is 31.9. The summed E-state index contributed by atoms with van der Waals surface area (Å²) in [6.45, 7) is 9.93. The number of aliphatic hydroxyl groups is 1. The molecule has 5 nitrogen and oxygen atoms in total. The van der Waals surface area contributed by atoms with Gasteiger partial charge in [-0.25, -0.2) is 9.59 Å². The second-order valence-corrected chi connectivity index (χ2v) is 5.80. The molecule has 0 unspecified atom stereocenters.